The van der Waals surface area contributed by atoms with Crippen LogP contribution in [0.25, 0.3) is 0 Å². The summed E-state index contributed by atoms with van der Waals surface area (Å²) in [6, 6.07) is 0.429. The predicted molar refractivity (Wildman–Crippen MR) is 64.5 cm³/mol. The molecule has 0 aliphatic heterocycles. The maximum atomic E-state index is 5.71. The summed E-state index contributed by atoms with van der Waals surface area (Å²) in [5.74, 6) is 0.462. The van der Waals surface area contributed by atoms with Crippen LogP contribution in [0.5, 0.6) is 12.0 Å². The molecule has 0 amide bonds. The van der Waals surface area contributed by atoms with Gasteiger partial charge in [-0.1, -0.05) is 0 Å². The van der Waals surface area contributed by atoms with E-state index in [9.17, 15) is 0 Å². The molecule has 0 saturated carbocycles. The fourth-order valence-electron chi connectivity index (χ4n) is 1.07. The van der Waals surface area contributed by atoms with Gasteiger partial charge in [0.25, 0.3) is 0 Å². The van der Waals surface area contributed by atoms with Gasteiger partial charge < -0.3 is 20.1 Å². The molecule has 1 heterocycles. The van der Waals surface area contributed by atoms with Gasteiger partial charge in [-0.2, -0.15) is 9.97 Å². The summed E-state index contributed by atoms with van der Waals surface area (Å²) in [6.45, 7) is 4.46. The molecule has 7 heteroatoms. The van der Waals surface area contributed by atoms with Crippen molar-refractivity contribution in [2.45, 2.75) is 19.4 Å². The largest absolute Gasteiger partial charge is 0.467 e. The van der Waals surface area contributed by atoms with Crippen molar-refractivity contribution in [1.82, 2.24) is 15.0 Å². The van der Waals surface area contributed by atoms with Crippen molar-refractivity contribution in [3.8, 4) is 12.0 Å². The van der Waals surface area contributed by atoms with E-state index in [-0.39, 0.29) is 17.6 Å². The fourth-order valence-corrected chi connectivity index (χ4v) is 1.07. The highest BCUT2D eigenvalue weighted by atomic mass is 16.5. The first kappa shape index (κ1) is 13.4. The summed E-state index contributed by atoms with van der Waals surface area (Å²) in [7, 11) is 4.85. The van der Waals surface area contributed by atoms with Gasteiger partial charge in [0, 0.05) is 19.1 Å². The number of likely N-dealkylation sites (N-methyl/N-ethyl adjacent to an activating group) is 1. The molecule has 0 spiro atoms. The fraction of sp³-hybridized carbons (Fsp3) is 0.700. The van der Waals surface area contributed by atoms with E-state index in [1.54, 1.807) is 0 Å². The summed E-state index contributed by atoms with van der Waals surface area (Å²) < 4.78 is 9.99. The lowest BCUT2D eigenvalue weighted by Gasteiger charge is -2.34. The second kappa shape index (κ2) is 5.13. The maximum Gasteiger partial charge on any atom is 0.324 e. The van der Waals surface area contributed by atoms with Gasteiger partial charge in [0.2, 0.25) is 5.95 Å². The molecule has 2 N–H and O–H groups in total. The third-order valence-corrected chi connectivity index (χ3v) is 2.66. The average Bonchev–Trinajstić information content (AvgIpc) is 2.36. The van der Waals surface area contributed by atoms with Crippen LogP contribution in [0.4, 0.5) is 5.95 Å². The number of ether oxygens (including phenoxy) is 2. The minimum atomic E-state index is -0.266. The van der Waals surface area contributed by atoms with Crippen molar-refractivity contribution in [1.29, 1.82) is 0 Å². The first-order valence-electron chi connectivity index (χ1n) is 5.22. The lowest BCUT2D eigenvalue weighted by Crippen LogP contribution is -2.48. The first-order valence-corrected chi connectivity index (χ1v) is 5.22. The van der Waals surface area contributed by atoms with Crippen LogP contribution in [0.2, 0.25) is 0 Å². The zero-order valence-corrected chi connectivity index (χ0v) is 10.9. The van der Waals surface area contributed by atoms with Gasteiger partial charge >= 0.3 is 12.0 Å². The second-order valence-electron chi connectivity index (χ2n) is 4.18. The summed E-state index contributed by atoms with van der Waals surface area (Å²) in [6.07, 6.45) is 0. The molecular weight excluding hydrogens is 222 g/mol. The Hall–Kier alpha value is -1.63. The minimum Gasteiger partial charge on any atom is -0.467 e. The number of hydrogen-bond acceptors (Lipinski definition) is 7. The van der Waals surface area contributed by atoms with Crippen molar-refractivity contribution in [2.24, 2.45) is 5.73 Å². The molecule has 96 valence electrons. The number of aromatic nitrogens is 3. The maximum absolute atomic E-state index is 5.71. The smallest absolute Gasteiger partial charge is 0.324 e. The molecule has 0 radical (unpaired) electrons. The van der Waals surface area contributed by atoms with Crippen LogP contribution in [0, 0.1) is 0 Å². The Balaban J connectivity index is 3.12. The third kappa shape index (κ3) is 2.94. The van der Waals surface area contributed by atoms with E-state index in [4.69, 9.17) is 15.2 Å². The van der Waals surface area contributed by atoms with Crippen molar-refractivity contribution < 1.29 is 9.47 Å². The van der Waals surface area contributed by atoms with Crippen LogP contribution < -0.4 is 20.1 Å². The predicted octanol–water partition coefficient (Wildman–Crippen LogP) is 0.0623. The number of nitrogens with two attached hydrogens (primary N) is 1. The quantitative estimate of drug-likeness (QED) is 0.780. The van der Waals surface area contributed by atoms with Crippen LogP contribution in [-0.2, 0) is 0 Å². The van der Waals surface area contributed by atoms with Gasteiger partial charge in [0.05, 0.1) is 14.2 Å². The molecule has 17 heavy (non-hydrogen) atoms. The zero-order chi connectivity index (χ0) is 13.1. The summed E-state index contributed by atoms with van der Waals surface area (Å²) in [5.41, 5.74) is 5.44. The van der Waals surface area contributed by atoms with Gasteiger partial charge in [0.15, 0.2) is 0 Å². The average molecular weight is 241 g/mol. The molecule has 0 fully saturated rings. The van der Waals surface area contributed by atoms with Crippen LogP contribution in [0.3, 0.4) is 0 Å². The van der Waals surface area contributed by atoms with Crippen molar-refractivity contribution >= 4 is 5.95 Å². The first-order chi connectivity index (χ1) is 7.94. The molecule has 0 aliphatic carbocycles. The number of anilines is 1. The molecule has 0 bridgehead atoms. The van der Waals surface area contributed by atoms with Crippen LogP contribution in [-0.4, -0.2) is 48.3 Å². The minimum absolute atomic E-state index is 0.214. The van der Waals surface area contributed by atoms with E-state index in [1.165, 1.54) is 14.2 Å². The number of rotatable bonds is 5. The zero-order valence-electron chi connectivity index (χ0n) is 10.9. The van der Waals surface area contributed by atoms with Gasteiger partial charge in [-0.25, -0.2) is 0 Å². The molecule has 0 aliphatic rings. The van der Waals surface area contributed by atoms with Crippen molar-refractivity contribution in [3.63, 3.8) is 0 Å². The monoisotopic (exact) mass is 241 g/mol. The Labute approximate surface area is 101 Å². The molecule has 1 aromatic rings. The Bertz CT molecular complexity index is 361. The van der Waals surface area contributed by atoms with E-state index >= 15 is 0 Å². The molecule has 0 unspecified atom stereocenters. The molecule has 1 rings (SSSR count). The van der Waals surface area contributed by atoms with E-state index in [2.05, 4.69) is 15.0 Å². The molecule has 0 aromatic carbocycles. The third-order valence-electron chi connectivity index (χ3n) is 2.66. The highest BCUT2D eigenvalue weighted by molar-refractivity contribution is 5.35. The molecular formula is C10H19N5O2. The Morgan fingerprint density at radius 3 is 1.94 bits per heavy atom. The number of methoxy groups -OCH3 is 2. The number of nitrogens with zero attached hydrogens (tertiary/aromatic N) is 4. The van der Waals surface area contributed by atoms with Crippen LogP contribution in [0.15, 0.2) is 0 Å². The topological polar surface area (TPSA) is 86.4 Å². The molecule has 1 aromatic heterocycles. The highest BCUT2D eigenvalue weighted by Crippen LogP contribution is 2.21. The highest BCUT2D eigenvalue weighted by Gasteiger charge is 2.25. The molecule has 0 atom stereocenters. The Kier molecular flexibility index (Phi) is 4.06. The Morgan fingerprint density at radius 1 is 1.12 bits per heavy atom. The summed E-state index contributed by atoms with van der Waals surface area (Å²) in [5, 5.41) is 0. The van der Waals surface area contributed by atoms with Crippen molar-refractivity contribution in [2.75, 3.05) is 32.7 Å². The van der Waals surface area contributed by atoms with Gasteiger partial charge in [0.1, 0.15) is 0 Å². The van der Waals surface area contributed by atoms with Gasteiger partial charge in [-0.05, 0) is 13.8 Å². The normalized spacial score (nSPS) is 11.2. The summed E-state index contributed by atoms with van der Waals surface area (Å²) in [4.78, 5) is 14.1. The lowest BCUT2D eigenvalue weighted by atomic mass is 10.1. The van der Waals surface area contributed by atoms with Gasteiger partial charge in [-0.15, -0.1) is 4.98 Å². The number of hydrogen-bond donors (Lipinski definition) is 1. The molecule has 7 nitrogen and oxygen atoms in total. The molecule has 0 saturated heterocycles. The van der Waals surface area contributed by atoms with Crippen LogP contribution >= 0.6 is 0 Å². The SMILES string of the molecule is COc1nc(OC)nc(N(C)C(C)(C)CN)n1. The lowest BCUT2D eigenvalue weighted by molar-refractivity contribution is 0.338. The van der Waals surface area contributed by atoms with E-state index in [1.807, 2.05) is 25.8 Å². The van der Waals surface area contributed by atoms with Crippen LogP contribution in [0.1, 0.15) is 13.8 Å². The standard InChI is InChI=1S/C10H19N5O2/c1-10(2,6-11)15(3)7-12-8(16-4)14-9(13-7)17-5/h6,11H2,1-5H3. The van der Waals surface area contributed by atoms with E-state index in [0.717, 1.165) is 0 Å². The van der Waals surface area contributed by atoms with E-state index in [0.29, 0.717) is 12.5 Å². The van der Waals surface area contributed by atoms with Gasteiger partial charge in [-0.3, -0.25) is 0 Å². The second-order valence-corrected chi connectivity index (χ2v) is 4.18. The summed E-state index contributed by atoms with van der Waals surface area (Å²) >= 11 is 0. The van der Waals surface area contributed by atoms with Crippen molar-refractivity contribution in [3.05, 3.63) is 0 Å². The van der Waals surface area contributed by atoms with E-state index < -0.39 is 0 Å². The Morgan fingerprint density at radius 2 is 1.59 bits per heavy atom.